The Labute approximate surface area is 109 Å². The monoisotopic (exact) mass is 246 g/mol. The van der Waals surface area contributed by atoms with Crippen molar-refractivity contribution in [3.05, 3.63) is 29.3 Å². The van der Waals surface area contributed by atoms with Crippen molar-refractivity contribution in [3.63, 3.8) is 0 Å². The van der Waals surface area contributed by atoms with Crippen molar-refractivity contribution in [3.8, 4) is 0 Å². The van der Waals surface area contributed by atoms with Crippen LogP contribution in [-0.4, -0.2) is 25.8 Å². The van der Waals surface area contributed by atoms with Crippen molar-refractivity contribution in [2.45, 2.75) is 32.4 Å². The maximum atomic E-state index is 5.59. The number of nitrogens with one attached hydrogen (secondary N) is 2. The van der Waals surface area contributed by atoms with Gasteiger partial charge in [0.25, 0.3) is 0 Å². The van der Waals surface area contributed by atoms with Gasteiger partial charge in [-0.3, -0.25) is 0 Å². The fourth-order valence-corrected chi connectivity index (χ4v) is 2.99. The Morgan fingerprint density at radius 3 is 3.22 bits per heavy atom. The Morgan fingerprint density at radius 2 is 2.39 bits per heavy atom. The quantitative estimate of drug-likeness (QED) is 0.854. The molecule has 3 rings (SSSR count). The fourth-order valence-electron chi connectivity index (χ4n) is 2.99. The van der Waals surface area contributed by atoms with Crippen LogP contribution in [0.25, 0.3) is 0 Å². The van der Waals surface area contributed by atoms with Crippen LogP contribution in [0.15, 0.2) is 18.2 Å². The van der Waals surface area contributed by atoms with Crippen LogP contribution in [0.1, 0.15) is 24.5 Å². The van der Waals surface area contributed by atoms with Crippen LogP contribution in [0, 0.1) is 5.92 Å². The van der Waals surface area contributed by atoms with Crippen molar-refractivity contribution < 1.29 is 4.74 Å². The molecule has 2 heterocycles. The van der Waals surface area contributed by atoms with E-state index in [4.69, 9.17) is 4.74 Å². The second-order valence-electron chi connectivity index (χ2n) is 5.38. The largest absolute Gasteiger partial charge is 0.384 e. The molecular weight excluding hydrogens is 224 g/mol. The van der Waals surface area contributed by atoms with E-state index in [1.54, 1.807) is 0 Å². The number of para-hydroxylation sites is 1. The minimum atomic E-state index is 0.414. The topological polar surface area (TPSA) is 33.3 Å². The summed E-state index contributed by atoms with van der Waals surface area (Å²) < 4.78 is 5.59. The summed E-state index contributed by atoms with van der Waals surface area (Å²) in [6, 6.07) is 6.62. The molecule has 1 fully saturated rings. The first kappa shape index (κ1) is 12.0. The zero-order valence-electron chi connectivity index (χ0n) is 11.0. The molecule has 2 unspecified atom stereocenters. The van der Waals surface area contributed by atoms with E-state index in [9.17, 15) is 0 Å². The van der Waals surface area contributed by atoms with Gasteiger partial charge in [-0.2, -0.15) is 0 Å². The molecule has 3 heteroatoms. The zero-order chi connectivity index (χ0) is 12.4. The maximum Gasteiger partial charge on any atom is 0.0588 e. The molecule has 0 bridgehead atoms. The van der Waals surface area contributed by atoms with Gasteiger partial charge in [-0.1, -0.05) is 18.2 Å². The van der Waals surface area contributed by atoms with Crippen molar-refractivity contribution in [1.29, 1.82) is 0 Å². The van der Waals surface area contributed by atoms with Crippen LogP contribution in [0.3, 0.4) is 0 Å². The molecule has 1 aromatic carbocycles. The predicted octanol–water partition coefficient (Wildman–Crippen LogP) is 2.17. The molecular formula is C15H22N2O. The van der Waals surface area contributed by atoms with Crippen molar-refractivity contribution >= 4 is 5.69 Å². The molecule has 98 valence electrons. The molecule has 0 saturated carbocycles. The van der Waals surface area contributed by atoms with E-state index in [1.165, 1.54) is 23.2 Å². The Balaban J connectivity index is 1.56. The van der Waals surface area contributed by atoms with E-state index in [0.717, 1.165) is 32.7 Å². The molecule has 1 aromatic rings. The first-order valence-electron chi connectivity index (χ1n) is 7.01. The Hall–Kier alpha value is -1.06. The molecule has 0 amide bonds. The van der Waals surface area contributed by atoms with Gasteiger partial charge in [0, 0.05) is 31.9 Å². The fraction of sp³-hybridized carbons (Fsp3) is 0.600. The number of hydrogen-bond donors (Lipinski definition) is 2. The highest BCUT2D eigenvalue weighted by Crippen LogP contribution is 2.26. The van der Waals surface area contributed by atoms with Crippen molar-refractivity contribution in [2.75, 3.05) is 25.0 Å². The standard InChI is InChI=1S/C15H22N2O/c1-11-13(6-8-18-11)9-16-10-14-4-2-3-12-5-7-17-15(12)14/h2-4,11,13,16-17H,5-10H2,1H3. The summed E-state index contributed by atoms with van der Waals surface area (Å²) in [5.41, 5.74) is 4.23. The highest BCUT2D eigenvalue weighted by Gasteiger charge is 2.23. The van der Waals surface area contributed by atoms with Gasteiger partial charge in [-0.05, 0) is 36.8 Å². The zero-order valence-corrected chi connectivity index (χ0v) is 11.0. The SMILES string of the molecule is CC1OCCC1CNCc1cccc2c1NCC2. The van der Waals surface area contributed by atoms with Crippen LogP contribution in [0.2, 0.25) is 0 Å². The summed E-state index contributed by atoms with van der Waals surface area (Å²) in [5.74, 6) is 0.676. The normalized spacial score (nSPS) is 26.1. The molecule has 0 aromatic heterocycles. The highest BCUT2D eigenvalue weighted by atomic mass is 16.5. The molecule has 2 N–H and O–H groups in total. The Bertz CT molecular complexity index is 419. The van der Waals surface area contributed by atoms with Gasteiger partial charge < -0.3 is 15.4 Å². The van der Waals surface area contributed by atoms with Crippen molar-refractivity contribution in [1.82, 2.24) is 5.32 Å². The molecule has 18 heavy (non-hydrogen) atoms. The third-order valence-corrected chi connectivity index (χ3v) is 4.19. The van der Waals surface area contributed by atoms with E-state index >= 15 is 0 Å². The van der Waals surface area contributed by atoms with Gasteiger partial charge in [-0.25, -0.2) is 0 Å². The number of anilines is 1. The first-order chi connectivity index (χ1) is 8.84. The van der Waals surface area contributed by atoms with Gasteiger partial charge >= 0.3 is 0 Å². The summed E-state index contributed by atoms with van der Waals surface area (Å²) in [6.07, 6.45) is 2.77. The number of rotatable bonds is 4. The van der Waals surface area contributed by atoms with Gasteiger partial charge in [0.15, 0.2) is 0 Å². The van der Waals surface area contributed by atoms with Crippen LogP contribution >= 0.6 is 0 Å². The highest BCUT2D eigenvalue weighted by molar-refractivity contribution is 5.61. The van der Waals surface area contributed by atoms with Crippen LogP contribution in [-0.2, 0) is 17.7 Å². The smallest absolute Gasteiger partial charge is 0.0588 e. The molecule has 0 radical (unpaired) electrons. The van der Waals surface area contributed by atoms with Gasteiger partial charge in [-0.15, -0.1) is 0 Å². The van der Waals surface area contributed by atoms with Gasteiger partial charge in [0.05, 0.1) is 6.10 Å². The minimum Gasteiger partial charge on any atom is -0.384 e. The lowest BCUT2D eigenvalue weighted by atomic mass is 10.0. The van der Waals surface area contributed by atoms with E-state index in [1.807, 2.05) is 0 Å². The Kier molecular flexibility index (Phi) is 3.52. The average Bonchev–Trinajstić information content (AvgIpc) is 2.99. The minimum absolute atomic E-state index is 0.414. The van der Waals surface area contributed by atoms with Gasteiger partial charge in [0.2, 0.25) is 0 Å². The third-order valence-electron chi connectivity index (χ3n) is 4.19. The maximum absolute atomic E-state index is 5.59. The van der Waals surface area contributed by atoms with Crippen LogP contribution < -0.4 is 10.6 Å². The van der Waals surface area contributed by atoms with E-state index in [-0.39, 0.29) is 0 Å². The third kappa shape index (κ3) is 2.38. The van der Waals surface area contributed by atoms with E-state index < -0.39 is 0 Å². The molecule has 2 aliphatic rings. The molecule has 0 aliphatic carbocycles. The summed E-state index contributed by atoms with van der Waals surface area (Å²) >= 11 is 0. The van der Waals surface area contributed by atoms with E-state index in [2.05, 4.69) is 35.8 Å². The lowest BCUT2D eigenvalue weighted by Gasteiger charge is -2.16. The number of fused-ring (bicyclic) bond motifs is 1. The second-order valence-corrected chi connectivity index (χ2v) is 5.38. The predicted molar refractivity (Wildman–Crippen MR) is 73.9 cm³/mol. The second kappa shape index (κ2) is 5.29. The number of benzene rings is 1. The number of hydrogen-bond acceptors (Lipinski definition) is 3. The molecule has 3 nitrogen and oxygen atoms in total. The summed E-state index contributed by atoms with van der Waals surface area (Å²) in [4.78, 5) is 0. The van der Waals surface area contributed by atoms with Gasteiger partial charge in [0.1, 0.15) is 0 Å². The lowest BCUT2D eigenvalue weighted by Crippen LogP contribution is -2.26. The first-order valence-corrected chi connectivity index (χ1v) is 7.01. The van der Waals surface area contributed by atoms with E-state index in [0.29, 0.717) is 12.0 Å². The number of ether oxygens (including phenoxy) is 1. The van der Waals surface area contributed by atoms with Crippen LogP contribution in [0.5, 0.6) is 0 Å². The molecule has 1 saturated heterocycles. The summed E-state index contributed by atoms with van der Waals surface area (Å²) in [5, 5.41) is 7.07. The molecule has 0 spiro atoms. The lowest BCUT2D eigenvalue weighted by molar-refractivity contribution is 0.105. The molecule has 2 aliphatic heterocycles. The van der Waals surface area contributed by atoms with Crippen molar-refractivity contribution in [2.24, 2.45) is 5.92 Å². The summed E-state index contributed by atoms with van der Waals surface area (Å²) in [7, 11) is 0. The Morgan fingerprint density at radius 1 is 1.44 bits per heavy atom. The summed E-state index contributed by atoms with van der Waals surface area (Å²) in [6.45, 7) is 6.21. The average molecular weight is 246 g/mol. The molecule has 2 atom stereocenters. The van der Waals surface area contributed by atoms with Crippen LogP contribution in [0.4, 0.5) is 5.69 Å².